The summed E-state index contributed by atoms with van der Waals surface area (Å²) in [4.78, 5) is 33.3. The fourth-order valence-corrected chi connectivity index (χ4v) is 2.87. The number of benzene rings is 2. The number of hydrogen-bond donors (Lipinski definition) is 1. The standard InChI is InChI=1S/C21H21N3O3/c1-4-24(16-7-5-6-14(2)12-16)20(25)19-13-18(22-21(26)23-19)15-8-10-17(27-3)11-9-15/h5-13H,4H2,1-3H3,(H,22,23,26). The monoisotopic (exact) mass is 363 g/mol. The lowest BCUT2D eigenvalue weighted by Gasteiger charge is -2.21. The van der Waals surface area contributed by atoms with E-state index >= 15 is 0 Å². The number of carbonyl (C=O) groups is 1. The number of rotatable bonds is 5. The fourth-order valence-electron chi connectivity index (χ4n) is 2.87. The van der Waals surface area contributed by atoms with Crippen molar-refractivity contribution in [3.05, 3.63) is 76.3 Å². The van der Waals surface area contributed by atoms with Crippen molar-refractivity contribution in [1.29, 1.82) is 0 Å². The van der Waals surface area contributed by atoms with Crippen LogP contribution in [0.25, 0.3) is 11.3 Å². The first-order chi connectivity index (χ1) is 13.0. The van der Waals surface area contributed by atoms with Crippen LogP contribution in [-0.2, 0) is 0 Å². The number of H-pyrrole nitrogens is 1. The summed E-state index contributed by atoms with van der Waals surface area (Å²) in [6.07, 6.45) is 0. The Kier molecular flexibility index (Phi) is 5.35. The second kappa shape index (κ2) is 7.86. The van der Waals surface area contributed by atoms with Gasteiger partial charge in [0.05, 0.1) is 12.8 Å². The smallest absolute Gasteiger partial charge is 0.346 e. The molecule has 27 heavy (non-hydrogen) atoms. The van der Waals surface area contributed by atoms with Crippen LogP contribution in [-0.4, -0.2) is 29.5 Å². The maximum absolute atomic E-state index is 13.0. The summed E-state index contributed by atoms with van der Waals surface area (Å²) in [6, 6.07) is 16.4. The van der Waals surface area contributed by atoms with E-state index in [0.29, 0.717) is 18.0 Å². The number of aromatic amines is 1. The van der Waals surface area contributed by atoms with E-state index in [2.05, 4.69) is 9.97 Å². The molecule has 3 rings (SSSR count). The molecule has 0 spiro atoms. The molecule has 0 aliphatic carbocycles. The van der Waals surface area contributed by atoms with Crippen LogP contribution in [0.4, 0.5) is 5.69 Å². The molecule has 0 radical (unpaired) electrons. The number of amides is 1. The molecule has 0 unspecified atom stereocenters. The molecule has 1 aromatic heterocycles. The third-order valence-corrected chi connectivity index (χ3v) is 4.24. The van der Waals surface area contributed by atoms with E-state index in [1.165, 1.54) is 0 Å². The molecule has 0 fully saturated rings. The average molecular weight is 363 g/mol. The SMILES string of the molecule is CCN(C(=O)c1cc(-c2ccc(OC)cc2)nc(=O)[nH]1)c1cccc(C)c1. The van der Waals surface area contributed by atoms with Crippen molar-refractivity contribution in [2.75, 3.05) is 18.6 Å². The van der Waals surface area contributed by atoms with Gasteiger partial charge in [-0.2, -0.15) is 4.98 Å². The van der Waals surface area contributed by atoms with Crippen LogP contribution in [0.5, 0.6) is 5.75 Å². The minimum absolute atomic E-state index is 0.198. The molecule has 0 aliphatic rings. The van der Waals surface area contributed by atoms with Crippen molar-refractivity contribution >= 4 is 11.6 Å². The number of anilines is 1. The molecule has 138 valence electrons. The van der Waals surface area contributed by atoms with Gasteiger partial charge in [-0.05, 0) is 61.9 Å². The largest absolute Gasteiger partial charge is 0.497 e. The summed E-state index contributed by atoms with van der Waals surface area (Å²) in [7, 11) is 1.59. The lowest BCUT2D eigenvalue weighted by molar-refractivity contribution is 0.0983. The zero-order valence-corrected chi connectivity index (χ0v) is 15.5. The number of hydrogen-bond acceptors (Lipinski definition) is 4. The predicted octanol–water partition coefficient (Wildman–Crippen LogP) is 3.42. The highest BCUT2D eigenvalue weighted by Gasteiger charge is 2.18. The van der Waals surface area contributed by atoms with E-state index in [1.54, 1.807) is 42.3 Å². The van der Waals surface area contributed by atoms with Crippen molar-refractivity contribution in [2.24, 2.45) is 0 Å². The number of carbonyl (C=O) groups excluding carboxylic acids is 1. The second-order valence-corrected chi connectivity index (χ2v) is 6.10. The van der Waals surface area contributed by atoms with E-state index in [-0.39, 0.29) is 11.6 Å². The van der Waals surface area contributed by atoms with Crippen molar-refractivity contribution in [3.8, 4) is 17.0 Å². The minimum Gasteiger partial charge on any atom is -0.497 e. The normalized spacial score (nSPS) is 10.5. The van der Waals surface area contributed by atoms with Gasteiger partial charge in [0.25, 0.3) is 5.91 Å². The number of aromatic nitrogens is 2. The van der Waals surface area contributed by atoms with Crippen LogP contribution < -0.4 is 15.3 Å². The summed E-state index contributed by atoms with van der Waals surface area (Å²) >= 11 is 0. The minimum atomic E-state index is -0.563. The van der Waals surface area contributed by atoms with E-state index in [1.807, 2.05) is 38.1 Å². The van der Waals surface area contributed by atoms with Gasteiger partial charge in [-0.15, -0.1) is 0 Å². The van der Waals surface area contributed by atoms with Crippen molar-refractivity contribution in [3.63, 3.8) is 0 Å². The van der Waals surface area contributed by atoms with Gasteiger partial charge in [-0.1, -0.05) is 12.1 Å². The van der Waals surface area contributed by atoms with Gasteiger partial charge in [-0.3, -0.25) is 4.79 Å². The predicted molar refractivity (Wildman–Crippen MR) is 105 cm³/mol. The van der Waals surface area contributed by atoms with Gasteiger partial charge in [0.1, 0.15) is 11.4 Å². The number of ether oxygens (including phenoxy) is 1. The molecule has 1 amide bonds. The lowest BCUT2D eigenvalue weighted by Crippen LogP contribution is -2.33. The summed E-state index contributed by atoms with van der Waals surface area (Å²) in [6.45, 7) is 4.34. The lowest BCUT2D eigenvalue weighted by atomic mass is 10.1. The number of aryl methyl sites for hydroxylation is 1. The molecule has 0 aliphatic heterocycles. The first-order valence-electron chi connectivity index (χ1n) is 8.66. The zero-order chi connectivity index (χ0) is 19.4. The van der Waals surface area contributed by atoms with Crippen molar-refractivity contribution < 1.29 is 9.53 Å². The Morgan fingerprint density at radius 1 is 1.15 bits per heavy atom. The highest BCUT2D eigenvalue weighted by atomic mass is 16.5. The van der Waals surface area contributed by atoms with E-state index in [4.69, 9.17) is 4.74 Å². The summed E-state index contributed by atoms with van der Waals surface area (Å²) in [5.41, 5.74) is 2.64. The molecule has 1 N–H and O–H groups in total. The fraction of sp³-hybridized carbons (Fsp3) is 0.190. The second-order valence-electron chi connectivity index (χ2n) is 6.10. The van der Waals surface area contributed by atoms with Crippen LogP contribution in [0.15, 0.2) is 59.4 Å². The van der Waals surface area contributed by atoms with Crippen LogP contribution in [0, 0.1) is 6.92 Å². The third kappa shape index (κ3) is 4.06. The molecule has 2 aromatic carbocycles. The Morgan fingerprint density at radius 3 is 2.52 bits per heavy atom. The van der Waals surface area contributed by atoms with Crippen molar-refractivity contribution in [2.45, 2.75) is 13.8 Å². The topological polar surface area (TPSA) is 75.3 Å². The Balaban J connectivity index is 1.99. The molecule has 6 nitrogen and oxygen atoms in total. The molecule has 1 heterocycles. The van der Waals surface area contributed by atoms with Crippen LogP contribution >= 0.6 is 0 Å². The molecule has 6 heteroatoms. The Hall–Kier alpha value is -3.41. The van der Waals surface area contributed by atoms with Gasteiger partial charge in [-0.25, -0.2) is 4.79 Å². The van der Waals surface area contributed by atoms with Gasteiger partial charge in [0, 0.05) is 17.8 Å². The zero-order valence-electron chi connectivity index (χ0n) is 15.5. The van der Waals surface area contributed by atoms with Crippen LogP contribution in [0.3, 0.4) is 0 Å². The molecule has 0 atom stereocenters. The molecular weight excluding hydrogens is 342 g/mol. The highest BCUT2D eigenvalue weighted by Crippen LogP contribution is 2.22. The molecule has 0 saturated carbocycles. The Labute approximate surface area is 157 Å². The highest BCUT2D eigenvalue weighted by molar-refractivity contribution is 6.05. The molecular formula is C21H21N3O3. The van der Waals surface area contributed by atoms with Gasteiger partial charge in [0.15, 0.2) is 0 Å². The van der Waals surface area contributed by atoms with Crippen LogP contribution in [0.1, 0.15) is 23.0 Å². The van der Waals surface area contributed by atoms with E-state index in [9.17, 15) is 9.59 Å². The Bertz CT molecular complexity index is 1010. The number of methoxy groups -OCH3 is 1. The average Bonchev–Trinajstić information content (AvgIpc) is 2.68. The maximum Gasteiger partial charge on any atom is 0.346 e. The third-order valence-electron chi connectivity index (χ3n) is 4.24. The van der Waals surface area contributed by atoms with Crippen LogP contribution in [0.2, 0.25) is 0 Å². The quantitative estimate of drug-likeness (QED) is 0.754. The first kappa shape index (κ1) is 18.4. The summed E-state index contributed by atoms with van der Waals surface area (Å²) < 4.78 is 5.15. The summed E-state index contributed by atoms with van der Waals surface area (Å²) in [5, 5.41) is 0. The number of nitrogens with zero attached hydrogens (tertiary/aromatic N) is 2. The van der Waals surface area contributed by atoms with Gasteiger partial charge in [0.2, 0.25) is 0 Å². The van der Waals surface area contributed by atoms with Gasteiger partial charge >= 0.3 is 5.69 Å². The van der Waals surface area contributed by atoms with Crippen molar-refractivity contribution in [1.82, 2.24) is 9.97 Å². The molecule has 0 bridgehead atoms. The van der Waals surface area contributed by atoms with E-state index in [0.717, 1.165) is 16.8 Å². The Morgan fingerprint density at radius 2 is 1.89 bits per heavy atom. The summed E-state index contributed by atoms with van der Waals surface area (Å²) in [5.74, 6) is 0.425. The number of nitrogens with one attached hydrogen (secondary N) is 1. The first-order valence-corrected chi connectivity index (χ1v) is 8.66. The van der Waals surface area contributed by atoms with E-state index < -0.39 is 5.69 Å². The van der Waals surface area contributed by atoms with Gasteiger partial charge < -0.3 is 14.6 Å². The molecule has 3 aromatic rings. The molecule has 0 saturated heterocycles. The maximum atomic E-state index is 13.0.